The number of halogens is 2. The Morgan fingerprint density at radius 2 is 1.92 bits per heavy atom. The second-order valence-electron chi connectivity index (χ2n) is 8.94. The molecular weight excluding hydrogens is 539 g/mol. The molecule has 188 valence electrons. The number of amides is 2. The Bertz CT molecular complexity index is 1520. The molecule has 1 aliphatic carbocycles. The molecule has 0 fully saturated rings. The largest absolute Gasteiger partial charge is 0.338 e. The van der Waals surface area contributed by atoms with Gasteiger partial charge in [0.05, 0.1) is 5.69 Å². The second-order valence-corrected chi connectivity index (χ2v) is 9.86. The van der Waals surface area contributed by atoms with Gasteiger partial charge < -0.3 is 10.6 Å². The Labute approximate surface area is 221 Å². The van der Waals surface area contributed by atoms with Gasteiger partial charge in [0.15, 0.2) is 0 Å². The van der Waals surface area contributed by atoms with Gasteiger partial charge in [-0.2, -0.15) is 10.2 Å². The van der Waals surface area contributed by atoms with Crippen molar-refractivity contribution in [2.24, 2.45) is 7.05 Å². The monoisotopic (exact) mass is 562 g/mol. The van der Waals surface area contributed by atoms with E-state index >= 15 is 0 Å². The predicted molar refractivity (Wildman–Crippen MR) is 142 cm³/mol. The SMILES string of the molecule is Cc1n[nH]c(C)c1-c1ccc(NC(=O)[C@@H](NC(=O)c2ccnn2C)[C@@H]2C=Cc3c(F)cc(Br)cc32)cc1. The fourth-order valence-electron chi connectivity index (χ4n) is 4.70. The van der Waals surface area contributed by atoms with E-state index in [0.717, 1.165) is 22.5 Å². The molecule has 5 rings (SSSR count). The zero-order valence-electron chi connectivity index (χ0n) is 20.3. The van der Waals surface area contributed by atoms with Crippen LogP contribution in [0.2, 0.25) is 0 Å². The number of carbonyl (C=O) groups excluding carboxylic acids is 2. The first-order chi connectivity index (χ1) is 17.7. The van der Waals surface area contributed by atoms with Gasteiger partial charge in [-0.15, -0.1) is 0 Å². The molecule has 0 unspecified atom stereocenters. The molecule has 1 aliphatic rings. The minimum atomic E-state index is -1.01. The first kappa shape index (κ1) is 24.6. The maximum atomic E-state index is 14.6. The molecule has 2 heterocycles. The number of aromatic amines is 1. The summed E-state index contributed by atoms with van der Waals surface area (Å²) in [7, 11) is 1.65. The van der Waals surface area contributed by atoms with E-state index in [1.807, 2.05) is 26.0 Å². The molecule has 0 saturated heterocycles. The molecule has 0 spiro atoms. The van der Waals surface area contributed by atoms with Crippen molar-refractivity contribution >= 4 is 39.5 Å². The Kier molecular flexibility index (Phi) is 6.51. The van der Waals surface area contributed by atoms with E-state index in [1.165, 1.54) is 16.9 Å². The van der Waals surface area contributed by atoms with Gasteiger partial charge in [0.2, 0.25) is 5.91 Å². The first-order valence-electron chi connectivity index (χ1n) is 11.6. The number of carbonyl (C=O) groups is 2. The van der Waals surface area contributed by atoms with Gasteiger partial charge in [0.25, 0.3) is 5.91 Å². The fraction of sp³-hybridized carbons (Fsp3) is 0.185. The zero-order valence-corrected chi connectivity index (χ0v) is 21.9. The molecule has 37 heavy (non-hydrogen) atoms. The van der Waals surface area contributed by atoms with Gasteiger partial charge in [-0.1, -0.05) is 40.2 Å². The van der Waals surface area contributed by atoms with Crippen LogP contribution in [0.5, 0.6) is 0 Å². The third-order valence-corrected chi connectivity index (χ3v) is 6.96. The van der Waals surface area contributed by atoms with Crippen LogP contribution in [0.15, 0.2) is 59.2 Å². The number of hydrogen-bond donors (Lipinski definition) is 3. The number of H-pyrrole nitrogens is 1. The van der Waals surface area contributed by atoms with Crippen LogP contribution in [-0.2, 0) is 11.8 Å². The highest BCUT2D eigenvalue weighted by Crippen LogP contribution is 2.37. The Balaban J connectivity index is 1.44. The Morgan fingerprint density at radius 3 is 2.57 bits per heavy atom. The van der Waals surface area contributed by atoms with E-state index in [4.69, 9.17) is 0 Å². The second kappa shape index (κ2) is 9.78. The normalized spacial score (nSPS) is 14.9. The van der Waals surface area contributed by atoms with Crippen LogP contribution >= 0.6 is 15.9 Å². The van der Waals surface area contributed by atoms with Gasteiger partial charge in [-0.25, -0.2) is 4.39 Å². The Hall–Kier alpha value is -4.05. The van der Waals surface area contributed by atoms with Crippen molar-refractivity contribution in [1.29, 1.82) is 0 Å². The van der Waals surface area contributed by atoms with Crippen molar-refractivity contribution in [3.8, 4) is 11.1 Å². The van der Waals surface area contributed by atoms with Crippen LogP contribution in [0, 0.1) is 19.7 Å². The lowest BCUT2D eigenvalue weighted by Gasteiger charge is -2.24. The molecule has 4 aromatic rings. The summed E-state index contributed by atoms with van der Waals surface area (Å²) in [5, 5.41) is 17.0. The molecule has 2 amide bonds. The topological polar surface area (TPSA) is 105 Å². The summed E-state index contributed by atoms with van der Waals surface area (Å²) in [4.78, 5) is 26.7. The van der Waals surface area contributed by atoms with Crippen molar-refractivity contribution in [1.82, 2.24) is 25.3 Å². The summed E-state index contributed by atoms with van der Waals surface area (Å²) >= 11 is 3.33. The highest BCUT2D eigenvalue weighted by molar-refractivity contribution is 9.10. The van der Waals surface area contributed by atoms with Crippen molar-refractivity contribution in [3.05, 3.63) is 93.2 Å². The van der Waals surface area contributed by atoms with Crippen molar-refractivity contribution < 1.29 is 14.0 Å². The lowest BCUT2D eigenvalue weighted by atomic mass is 9.92. The molecule has 3 N–H and O–H groups in total. The lowest BCUT2D eigenvalue weighted by molar-refractivity contribution is -0.118. The van der Waals surface area contributed by atoms with Gasteiger partial charge in [0, 0.05) is 46.1 Å². The number of fused-ring (bicyclic) bond motifs is 1. The molecule has 2 aromatic carbocycles. The molecule has 0 saturated carbocycles. The molecular formula is C27H24BrFN6O2. The molecule has 8 nitrogen and oxygen atoms in total. The van der Waals surface area contributed by atoms with Gasteiger partial charge in [-0.3, -0.25) is 19.4 Å². The van der Waals surface area contributed by atoms with Crippen LogP contribution in [-0.4, -0.2) is 37.8 Å². The predicted octanol–water partition coefficient (Wildman–Crippen LogP) is 4.88. The maximum Gasteiger partial charge on any atom is 0.270 e. The number of nitrogens with one attached hydrogen (secondary N) is 3. The maximum absolute atomic E-state index is 14.6. The molecule has 0 bridgehead atoms. The van der Waals surface area contributed by atoms with Gasteiger partial charge in [-0.05, 0) is 55.3 Å². The third kappa shape index (κ3) is 4.72. The van der Waals surface area contributed by atoms with Crippen LogP contribution in [0.4, 0.5) is 10.1 Å². The van der Waals surface area contributed by atoms with Gasteiger partial charge in [0.1, 0.15) is 17.6 Å². The van der Waals surface area contributed by atoms with Crippen molar-refractivity contribution in [2.75, 3.05) is 5.32 Å². The molecule has 0 radical (unpaired) electrons. The third-order valence-electron chi connectivity index (χ3n) is 6.51. The molecule has 2 atom stereocenters. The summed E-state index contributed by atoms with van der Waals surface area (Å²) in [6.07, 6.45) is 4.89. The first-order valence-corrected chi connectivity index (χ1v) is 12.4. The van der Waals surface area contributed by atoms with E-state index < -0.39 is 29.6 Å². The number of aryl methyl sites for hydroxylation is 3. The van der Waals surface area contributed by atoms with E-state index in [2.05, 4.69) is 41.9 Å². The van der Waals surface area contributed by atoms with Crippen LogP contribution in [0.25, 0.3) is 17.2 Å². The van der Waals surface area contributed by atoms with Crippen LogP contribution in [0.1, 0.15) is 38.9 Å². The molecule has 2 aromatic heterocycles. The summed E-state index contributed by atoms with van der Waals surface area (Å²) < 4.78 is 16.6. The minimum absolute atomic E-state index is 0.302. The van der Waals surface area contributed by atoms with E-state index in [9.17, 15) is 14.0 Å². The van der Waals surface area contributed by atoms with E-state index in [0.29, 0.717) is 27.0 Å². The lowest BCUT2D eigenvalue weighted by Crippen LogP contribution is -2.47. The summed E-state index contributed by atoms with van der Waals surface area (Å²) in [6.45, 7) is 3.88. The highest BCUT2D eigenvalue weighted by Gasteiger charge is 2.35. The van der Waals surface area contributed by atoms with Gasteiger partial charge >= 0.3 is 0 Å². The van der Waals surface area contributed by atoms with Crippen LogP contribution < -0.4 is 10.6 Å². The summed E-state index contributed by atoms with van der Waals surface area (Å²) in [5.74, 6) is -1.86. The zero-order chi connectivity index (χ0) is 26.3. The fourth-order valence-corrected chi connectivity index (χ4v) is 5.14. The van der Waals surface area contributed by atoms with E-state index in [1.54, 1.807) is 43.5 Å². The smallest absolute Gasteiger partial charge is 0.270 e. The number of aromatic nitrogens is 4. The minimum Gasteiger partial charge on any atom is -0.338 e. The number of rotatable bonds is 6. The molecule has 0 aliphatic heterocycles. The summed E-state index contributed by atoms with van der Waals surface area (Å²) in [5.41, 5.74) is 5.70. The average molecular weight is 563 g/mol. The van der Waals surface area contributed by atoms with Crippen LogP contribution in [0.3, 0.4) is 0 Å². The molecule has 10 heteroatoms. The van der Waals surface area contributed by atoms with E-state index in [-0.39, 0.29) is 0 Å². The quantitative estimate of drug-likeness (QED) is 0.311. The van der Waals surface area contributed by atoms with Crippen molar-refractivity contribution in [3.63, 3.8) is 0 Å². The number of anilines is 1. The average Bonchev–Trinajstić information content (AvgIpc) is 3.56. The highest BCUT2D eigenvalue weighted by atomic mass is 79.9. The number of hydrogen-bond acceptors (Lipinski definition) is 4. The summed E-state index contributed by atoms with van der Waals surface area (Å²) in [6, 6.07) is 11.1. The van der Waals surface area contributed by atoms with Crippen molar-refractivity contribution in [2.45, 2.75) is 25.8 Å². The Morgan fingerprint density at radius 1 is 1.16 bits per heavy atom. The number of nitrogens with zero attached hydrogens (tertiary/aromatic N) is 3. The standard InChI is InChI=1S/C27H24BrFN6O2/c1-14-24(15(2)34-33-14)16-4-6-18(7-5-16)31-27(37)25(32-26(36)23-10-11-30-35(23)3)20-9-8-19-21(20)12-17(28)13-22(19)29/h4-13,20,25H,1-3H3,(H,31,37)(H,32,36)(H,33,34)/t20-,25+/m1/s1. The number of benzene rings is 2.